The smallest absolute Gasteiger partial charge is 0.399 e. The number of hydrogen-bond acceptors (Lipinski definition) is 5. The molecule has 0 radical (unpaired) electrons. The van der Waals surface area contributed by atoms with Crippen LogP contribution in [0.3, 0.4) is 0 Å². The number of hydrogen-bond donors (Lipinski definition) is 3. The van der Waals surface area contributed by atoms with Gasteiger partial charge in [0, 0.05) is 36.1 Å². The van der Waals surface area contributed by atoms with E-state index in [9.17, 15) is 18.0 Å². The van der Waals surface area contributed by atoms with Crippen molar-refractivity contribution in [3.63, 3.8) is 0 Å². The maximum Gasteiger partial charge on any atom is 0.416 e. The SMILES string of the molecule is C=C/C=C(/N)C(=C)C(C)CCC(C)N1CC(NC(=O)CNC(=C)c2cc(C(F)(F)F)ccc2N=C)C1. The number of amides is 1. The molecule has 196 valence electrons. The maximum absolute atomic E-state index is 13.1. The molecule has 2 rings (SSSR count). The lowest BCUT2D eigenvalue weighted by Crippen LogP contribution is -2.62. The number of nitrogens with two attached hydrogens (primary N) is 1. The molecule has 1 fully saturated rings. The highest BCUT2D eigenvalue weighted by atomic mass is 19.4. The van der Waals surface area contributed by atoms with Crippen molar-refractivity contribution in [2.45, 2.75) is 44.9 Å². The van der Waals surface area contributed by atoms with Crippen LogP contribution in [0.15, 0.2) is 66.4 Å². The highest BCUT2D eigenvalue weighted by Crippen LogP contribution is 2.34. The largest absolute Gasteiger partial charge is 0.416 e. The quantitative estimate of drug-likeness (QED) is 0.267. The van der Waals surface area contributed by atoms with Crippen LogP contribution in [0.2, 0.25) is 0 Å². The third-order valence-electron chi connectivity index (χ3n) is 6.46. The van der Waals surface area contributed by atoms with E-state index in [2.05, 4.69) is 60.8 Å². The Bertz CT molecular complexity index is 1020. The van der Waals surface area contributed by atoms with E-state index in [-0.39, 0.29) is 41.4 Å². The Balaban J connectivity index is 1.77. The van der Waals surface area contributed by atoms with Crippen LogP contribution < -0.4 is 16.4 Å². The molecule has 1 aromatic rings. The monoisotopic (exact) mass is 503 g/mol. The summed E-state index contributed by atoms with van der Waals surface area (Å²) < 4.78 is 39.2. The van der Waals surface area contributed by atoms with Crippen LogP contribution >= 0.6 is 0 Å². The normalized spacial score (nSPS) is 16.4. The first-order chi connectivity index (χ1) is 16.9. The highest BCUT2D eigenvalue weighted by molar-refractivity contribution is 5.82. The fourth-order valence-corrected chi connectivity index (χ4v) is 3.98. The average Bonchev–Trinajstić information content (AvgIpc) is 2.81. The Morgan fingerprint density at radius 2 is 1.94 bits per heavy atom. The summed E-state index contributed by atoms with van der Waals surface area (Å²) in [6.07, 6.45) is 0.824. The maximum atomic E-state index is 13.1. The van der Waals surface area contributed by atoms with Gasteiger partial charge in [0.15, 0.2) is 0 Å². The molecule has 1 amide bonds. The molecule has 0 aromatic heterocycles. The summed E-state index contributed by atoms with van der Waals surface area (Å²) in [6, 6.07) is 3.48. The molecule has 0 spiro atoms. The summed E-state index contributed by atoms with van der Waals surface area (Å²) in [5.41, 5.74) is 7.29. The number of halogens is 3. The van der Waals surface area contributed by atoms with Crippen LogP contribution in [-0.4, -0.2) is 49.2 Å². The molecule has 0 saturated carbocycles. The van der Waals surface area contributed by atoms with E-state index in [1.165, 1.54) is 6.07 Å². The molecule has 1 aliphatic rings. The van der Waals surface area contributed by atoms with Crippen LogP contribution in [0, 0.1) is 5.92 Å². The Morgan fingerprint density at radius 3 is 2.53 bits per heavy atom. The van der Waals surface area contributed by atoms with Crippen molar-refractivity contribution in [2.24, 2.45) is 16.6 Å². The van der Waals surface area contributed by atoms with Crippen molar-refractivity contribution >= 4 is 24.0 Å². The second-order valence-electron chi connectivity index (χ2n) is 9.15. The van der Waals surface area contributed by atoms with E-state index in [1.54, 1.807) is 12.2 Å². The number of nitrogens with zero attached hydrogens (tertiary/aromatic N) is 2. The first-order valence-electron chi connectivity index (χ1n) is 11.8. The second-order valence-corrected chi connectivity index (χ2v) is 9.15. The molecule has 4 N–H and O–H groups in total. The summed E-state index contributed by atoms with van der Waals surface area (Å²) in [7, 11) is 0. The number of benzene rings is 1. The Morgan fingerprint density at radius 1 is 1.28 bits per heavy atom. The lowest BCUT2D eigenvalue weighted by Gasteiger charge is -2.43. The minimum Gasteiger partial charge on any atom is -0.399 e. The van der Waals surface area contributed by atoms with Crippen LogP contribution in [0.4, 0.5) is 18.9 Å². The predicted octanol–water partition coefficient (Wildman–Crippen LogP) is 4.79. The molecule has 2 atom stereocenters. The molecule has 9 heteroatoms. The van der Waals surface area contributed by atoms with Gasteiger partial charge in [0.05, 0.1) is 23.8 Å². The first-order valence-corrected chi connectivity index (χ1v) is 11.8. The van der Waals surface area contributed by atoms with Gasteiger partial charge in [-0.3, -0.25) is 14.7 Å². The van der Waals surface area contributed by atoms with Gasteiger partial charge in [-0.25, -0.2) is 0 Å². The Hall–Kier alpha value is -3.33. The van der Waals surface area contributed by atoms with Crippen molar-refractivity contribution in [2.75, 3.05) is 19.6 Å². The van der Waals surface area contributed by atoms with Crippen LogP contribution in [0.5, 0.6) is 0 Å². The van der Waals surface area contributed by atoms with Crippen molar-refractivity contribution < 1.29 is 18.0 Å². The van der Waals surface area contributed by atoms with Gasteiger partial charge in [-0.2, -0.15) is 13.2 Å². The molecule has 36 heavy (non-hydrogen) atoms. The van der Waals surface area contributed by atoms with Crippen LogP contribution in [-0.2, 0) is 11.0 Å². The van der Waals surface area contributed by atoms with Crippen molar-refractivity contribution in [3.8, 4) is 0 Å². The van der Waals surface area contributed by atoms with Gasteiger partial charge in [0.1, 0.15) is 0 Å². The molecule has 1 saturated heterocycles. The van der Waals surface area contributed by atoms with Gasteiger partial charge >= 0.3 is 6.18 Å². The predicted molar refractivity (Wildman–Crippen MR) is 141 cm³/mol. The standard InChI is InChI=1S/C27H36F3N5O/c1-7-8-24(31)19(4)17(2)9-10-18(3)35-15-22(16-35)34-26(36)14-33-20(5)23-13-21(27(28,29)30)11-12-25(23)32-6/h7-8,11-13,17-18,22,33H,1,4-6,9-10,14-16,31H2,2-3H3,(H,34,36)/b24-8+. The zero-order valence-electron chi connectivity index (χ0n) is 21.0. The number of nitrogens with one attached hydrogen (secondary N) is 2. The molecule has 2 unspecified atom stereocenters. The average molecular weight is 504 g/mol. The summed E-state index contributed by atoms with van der Waals surface area (Å²) in [6.45, 7) is 20.5. The van der Waals surface area contributed by atoms with Gasteiger partial charge in [-0.1, -0.05) is 32.7 Å². The zero-order chi connectivity index (χ0) is 27.0. The number of allylic oxidation sites excluding steroid dienone is 3. The number of carbonyl (C=O) groups is 1. The minimum atomic E-state index is -4.50. The highest BCUT2D eigenvalue weighted by Gasteiger charge is 2.32. The van der Waals surface area contributed by atoms with Crippen LogP contribution in [0.1, 0.15) is 37.8 Å². The van der Waals surface area contributed by atoms with Gasteiger partial charge < -0.3 is 16.4 Å². The minimum absolute atomic E-state index is 0.0209. The number of aliphatic imine (C=N–C) groups is 1. The van der Waals surface area contributed by atoms with Gasteiger partial charge in [0.2, 0.25) is 5.91 Å². The first kappa shape index (κ1) is 28.9. The second kappa shape index (κ2) is 12.6. The molecular formula is C27H36F3N5O. The molecule has 0 aliphatic carbocycles. The number of rotatable bonds is 13. The number of alkyl halides is 3. The topological polar surface area (TPSA) is 82.8 Å². The lowest BCUT2D eigenvalue weighted by atomic mass is 9.92. The van der Waals surface area contributed by atoms with Gasteiger partial charge in [0.25, 0.3) is 0 Å². The molecule has 1 aromatic carbocycles. The fraction of sp³-hybridized carbons (Fsp3) is 0.407. The summed E-state index contributed by atoms with van der Waals surface area (Å²) in [5, 5.41) is 5.73. The van der Waals surface area contributed by atoms with E-state index in [4.69, 9.17) is 5.73 Å². The molecule has 6 nitrogen and oxygen atoms in total. The van der Waals surface area contributed by atoms with Crippen molar-refractivity contribution in [3.05, 3.63) is 72.5 Å². The molecule has 1 heterocycles. The third-order valence-corrected chi connectivity index (χ3v) is 6.46. The molecular weight excluding hydrogens is 467 g/mol. The number of likely N-dealkylation sites (tertiary alicyclic amines) is 1. The van der Waals surface area contributed by atoms with Gasteiger partial charge in [-0.15, -0.1) is 0 Å². The van der Waals surface area contributed by atoms with E-state index in [0.29, 0.717) is 11.7 Å². The fourth-order valence-electron chi connectivity index (χ4n) is 3.98. The Kier molecular flexibility index (Phi) is 10.1. The van der Waals surface area contributed by atoms with E-state index >= 15 is 0 Å². The lowest BCUT2D eigenvalue weighted by molar-refractivity contribution is -0.137. The Labute approximate surface area is 211 Å². The van der Waals surface area contributed by atoms with Gasteiger partial charge in [-0.05, 0) is 62.2 Å². The number of carbonyl (C=O) groups excluding carboxylic acids is 1. The summed E-state index contributed by atoms with van der Waals surface area (Å²) in [4.78, 5) is 18.4. The zero-order valence-corrected chi connectivity index (χ0v) is 21.0. The molecule has 0 bridgehead atoms. The van der Waals surface area contributed by atoms with E-state index in [1.807, 2.05) is 0 Å². The summed E-state index contributed by atoms with van der Waals surface area (Å²) >= 11 is 0. The van der Waals surface area contributed by atoms with Crippen molar-refractivity contribution in [1.82, 2.24) is 15.5 Å². The molecule has 1 aliphatic heterocycles. The van der Waals surface area contributed by atoms with Crippen LogP contribution in [0.25, 0.3) is 5.70 Å². The third kappa shape index (κ3) is 7.84. The van der Waals surface area contributed by atoms with Crippen molar-refractivity contribution in [1.29, 1.82) is 0 Å². The van der Waals surface area contributed by atoms with E-state index < -0.39 is 11.7 Å². The summed E-state index contributed by atoms with van der Waals surface area (Å²) in [5.74, 6) is -0.00354. The van der Waals surface area contributed by atoms with E-state index in [0.717, 1.165) is 43.6 Å².